The molecule has 1 aromatic carbocycles. The highest BCUT2D eigenvalue weighted by Crippen LogP contribution is 2.43. The fourth-order valence-electron chi connectivity index (χ4n) is 6.76. The highest BCUT2D eigenvalue weighted by molar-refractivity contribution is 5.95. The molecule has 8 nitrogen and oxygen atoms in total. The summed E-state index contributed by atoms with van der Waals surface area (Å²) in [5.74, 6) is -1.05. The fraction of sp³-hybridized carbons (Fsp3) is 0.657. The van der Waals surface area contributed by atoms with E-state index < -0.39 is 30.1 Å². The number of unbranched alkanes of at least 4 members (excludes halogenated alkanes) is 4. The van der Waals surface area contributed by atoms with Gasteiger partial charge in [0.1, 0.15) is 18.3 Å². The van der Waals surface area contributed by atoms with Gasteiger partial charge in [0.15, 0.2) is 5.79 Å². The number of aliphatic hydroxyl groups is 1. The molecule has 4 aliphatic rings. The number of allylic oxidation sites excluding steroid dienone is 1. The Morgan fingerprint density at radius 2 is 1.81 bits per heavy atom. The van der Waals surface area contributed by atoms with Crippen molar-refractivity contribution < 1.29 is 33.6 Å². The highest BCUT2D eigenvalue weighted by Gasteiger charge is 2.52. The Hall–Kier alpha value is -2.52. The first-order valence-corrected chi connectivity index (χ1v) is 16.5. The molecule has 0 spiro atoms. The summed E-state index contributed by atoms with van der Waals surface area (Å²) in [6.45, 7) is 4.35. The third kappa shape index (κ3) is 8.15. The summed E-state index contributed by atoms with van der Waals surface area (Å²) in [4.78, 5) is 26.7. The predicted molar refractivity (Wildman–Crippen MR) is 164 cm³/mol. The van der Waals surface area contributed by atoms with Crippen molar-refractivity contribution in [1.82, 2.24) is 5.32 Å². The molecule has 8 heteroatoms. The fourth-order valence-corrected chi connectivity index (χ4v) is 6.76. The molecule has 1 saturated carbocycles. The zero-order chi connectivity index (χ0) is 30.2. The molecule has 6 atom stereocenters. The molecule has 2 N–H and O–H groups in total. The van der Waals surface area contributed by atoms with Crippen LogP contribution in [0.2, 0.25) is 0 Å². The van der Waals surface area contributed by atoms with Gasteiger partial charge in [0, 0.05) is 31.4 Å². The Morgan fingerprint density at radius 3 is 2.53 bits per heavy atom. The molecule has 2 saturated heterocycles. The number of benzene rings is 1. The lowest BCUT2D eigenvalue weighted by Crippen LogP contribution is -2.44. The largest absolute Gasteiger partial charge is 0.456 e. The molecule has 3 fully saturated rings. The van der Waals surface area contributed by atoms with Crippen molar-refractivity contribution in [3.8, 4) is 0 Å². The molecule has 0 aromatic heterocycles. The summed E-state index contributed by atoms with van der Waals surface area (Å²) in [5.41, 5.74) is 1.79. The van der Waals surface area contributed by atoms with Gasteiger partial charge in [0.2, 0.25) is 5.91 Å². The second-order valence-electron chi connectivity index (χ2n) is 12.5. The van der Waals surface area contributed by atoms with Crippen molar-refractivity contribution in [2.24, 2.45) is 5.92 Å². The van der Waals surface area contributed by atoms with Crippen LogP contribution in [0.1, 0.15) is 107 Å². The maximum absolute atomic E-state index is 13.7. The molecule has 43 heavy (non-hydrogen) atoms. The summed E-state index contributed by atoms with van der Waals surface area (Å²) in [7, 11) is 0. The first kappa shape index (κ1) is 31.9. The monoisotopic (exact) mass is 595 g/mol. The van der Waals surface area contributed by atoms with E-state index in [0.717, 1.165) is 76.2 Å². The molecule has 1 aromatic rings. The number of rotatable bonds is 15. The molecule has 2 heterocycles. The average molecular weight is 596 g/mol. The lowest BCUT2D eigenvalue weighted by molar-refractivity contribution is -0.190. The lowest BCUT2D eigenvalue weighted by Gasteiger charge is -2.31. The minimum atomic E-state index is -0.761. The number of fused-ring (bicyclic) bond motifs is 2. The zero-order valence-electron chi connectivity index (χ0n) is 25.8. The van der Waals surface area contributed by atoms with Crippen LogP contribution in [0, 0.1) is 5.92 Å². The number of carbonyl (C=O) groups excluding carboxylic acids is 2. The van der Waals surface area contributed by atoms with E-state index in [2.05, 4.69) is 25.2 Å². The van der Waals surface area contributed by atoms with E-state index in [1.54, 1.807) is 6.07 Å². The molecular formula is C35H49NO7. The van der Waals surface area contributed by atoms with Crippen molar-refractivity contribution in [3.63, 3.8) is 0 Å². The number of amides is 1. The van der Waals surface area contributed by atoms with Crippen LogP contribution in [0.5, 0.6) is 0 Å². The smallest absolute Gasteiger partial charge is 0.339 e. The van der Waals surface area contributed by atoms with Gasteiger partial charge in [-0.05, 0) is 55.7 Å². The topological polar surface area (TPSA) is 107 Å². The Morgan fingerprint density at radius 1 is 1.05 bits per heavy atom. The molecule has 236 valence electrons. The number of esters is 1. The summed E-state index contributed by atoms with van der Waals surface area (Å²) in [6.07, 6.45) is 16.5. The minimum Gasteiger partial charge on any atom is -0.456 e. The summed E-state index contributed by atoms with van der Waals surface area (Å²) >= 11 is 0. The molecule has 5 rings (SSSR count). The molecule has 3 unspecified atom stereocenters. The number of carbonyl (C=O) groups is 2. The van der Waals surface area contributed by atoms with E-state index in [4.69, 9.17) is 18.9 Å². The Bertz CT molecular complexity index is 1150. The number of ether oxygens (including phenoxy) is 4. The number of nitrogens with one attached hydrogen (secondary N) is 1. The Labute approximate surface area is 256 Å². The molecule has 0 bridgehead atoms. The van der Waals surface area contributed by atoms with Crippen molar-refractivity contribution in [3.05, 3.63) is 53.1 Å². The standard InChI is InChI=1S/C35H49NO7/c1-3-5-9-17-35(18-10-6-4-2)42-31-23-26(33(38)36-19-20-37)22-30(32(31)43-35)41-34(39)27-12-8-7-11-25(27)15-13-24-14-16-28-29(21-24)40-28/h7-8,11-13,15,23-24,28-32,37H,3-6,9-10,14,16-22H2,1-2H3,(H,36,38)/t24?,28?,29?,30-,31-,32+/m1/s1. The van der Waals surface area contributed by atoms with E-state index in [1.165, 1.54) is 0 Å². The first-order chi connectivity index (χ1) is 20.9. The normalized spacial score (nSPS) is 29.0. The van der Waals surface area contributed by atoms with Crippen molar-refractivity contribution in [1.29, 1.82) is 0 Å². The van der Waals surface area contributed by atoms with Crippen LogP contribution < -0.4 is 5.32 Å². The van der Waals surface area contributed by atoms with Gasteiger partial charge >= 0.3 is 5.97 Å². The van der Waals surface area contributed by atoms with Gasteiger partial charge in [-0.1, -0.05) is 69.9 Å². The van der Waals surface area contributed by atoms with Gasteiger partial charge in [0.05, 0.1) is 24.4 Å². The average Bonchev–Trinajstić information content (AvgIpc) is 3.70. The quantitative estimate of drug-likeness (QED) is 0.148. The first-order valence-electron chi connectivity index (χ1n) is 16.5. The highest BCUT2D eigenvalue weighted by atomic mass is 16.8. The van der Waals surface area contributed by atoms with E-state index in [9.17, 15) is 14.7 Å². The maximum atomic E-state index is 13.7. The van der Waals surface area contributed by atoms with E-state index in [1.807, 2.05) is 30.4 Å². The van der Waals surface area contributed by atoms with Gasteiger partial charge in [-0.3, -0.25) is 4.79 Å². The second kappa shape index (κ2) is 15.0. The van der Waals surface area contributed by atoms with Crippen LogP contribution in [0.25, 0.3) is 6.08 Å². The molecular weight excluding hydrogens is 546 g/mol. The third-order valence-corrected chi connectivity index (χ3v) is 9.22. The van der Waals surface area contributed by atoms with Crippen LogP contribution in [0.15, 0.2) is 42.0 Å². The van der Waals surface area contributed by atoms with Crippen LogP contribution in [-0.2, 0) is 23.7 Å². The summed E-state index contributed by atoms with van der Waals surface area (Å²) < 4.78 is 25.3. The molecule has 2 aliphatic carbocycles. The van der Waals surface area contributed by atoms with Crippen molar-refractivity contribution in [2.45, 2.75) is 127 Å². The minimum absolute atomic E-state index is 0.151. The van der Waals surface area contributed by atoms with E-state index >= 15 is 0 Å². The Balaban J connectivity index is 1.34. The van der Waals surface area contributed by atoms with E-state index in [-0.39, 0.29) is 25.5 Å². The Kier molecular flexibility index (Phi) is 11.1. The number of hydrogen-bond donors (Lipinski definition) is 2. The van der Waals surface area contributed by atoms with Gasteiger partial charge < -0.3 is 29.4 Å². The zero-order valence-corrected chi connectivity index (χ0v) is 25.8. The van der Waals surface area contributed by atoms with E-state index in [0.29, 0.717) is 29.3 Å². The van der Waals surface area contributed by atoms with Gasteiger partial charge in [-0.2, -0.15) is 0 Å². The molecule has 0 radical (unpaired) electrons. The predicted octanol–water partition coefficient (Wildman–Crippen LogP) is 5.87. The second-order valence-corrected chi connectivity index (χ2v) is 12.5. The van der Waals surface area contributed by atoms with Crippen molar-refractivity contribution >= 4 is 18.0 Å². The number of aliphatic hydroxyl groups excluding tert-OH is 1. The molecule has 2 aliphatic heterocycles. The van der Waals surface area contributed by atoms with Gasteiger partial charge in [-0.25, -0.2) is 4.79 Å². The summed E-state index contributed by atoms with van der Waals surface area (Å²) in [6, 6.07) is 7.50. The van der Waals surface area contributed by atoms with Crippen LogP contribution in [-0.4, -0.2) is 66.4 Å². The SMILES string of the molecule is CCCCCC1(CCCCC)O[C@@H]2[C@@H](C=C(C(=O)NCCO)C[C@H]2OC(=O)c2ccccc2C=CC2CCC3OC3C2)O1. The molecule has 1 amide bonds. The van der Waals surface area contributed by atoms with Crippen LogP contribution >= 0.6 is 0 Å². The van der Waals surface area contributed by atoms with Crippen molar-refractivity contribution in [2.75, 3.05) is 13.2 Å². The number of hydrogen-bond acceptors (Lipinski definition) is 7. The van der Waals surface area contributed by atoms with Gasteiger partial charge in [-0.15, -0.1) is 0 Å². The third-order valence-electron chi connectivity index (χ3n) is 9.22. The van der Waals surface area contributed by atoms with Crippen LogP contribution in [0.4, 0.5) is 0 Å². The summed E-state index contributed by atoms with van der Waals surface area (Å²) in [5, 5.41) is 12.0. The number of epoxide rings is 1. The van der Waals surface area contributed by atoms with Crippen LogP contribution in [0.3, 0.4) is 0 Å². The lowest BCUT2D eigenvalue weighted by atomic mass is 9.88. The maximum Gasteiger partial charge on any atom is 0.339 e. The van der Waals surface area contributed by atoms with Gasteiger partial charge in [0.25, 0.3) is 0 Å².